The van der Waals surface area contributed by atoms with E-state index in [4.69, 9.17) is 9.47 Å². The zero-order valence-electron chi connectivity index (χ0n) is 13.5. The molecular formula is C17H23N3O2. The van der Waals surface area contributed by atoms with Crippen LogP contribution in [0.1, 0.15) is 25.1 Å². The molecule has 118 valence electrons. The number of hydrogen-bond acceptors (Lipinski definition) is 4. The molecule has 2 aromatic rings. The molecule has 5 heteroatoms. The highest BCUT2D eigenvalue weighted by atomic mass is 16.5. The lowest BCUT2D eigenvalue weighted by Gasteiger charge is -2.25. The van der Waals surface area contributed by atoms with E-state index in [1.807, 2.05) is 19.1 Å². The van der Waals surface area contributed by atoms with Crippen LogP contribution in [0.4, 0.5) is 0 Å². The van der Waals surface area contributed by atoms with Crippen LogP contribution in [0, 0.1) is 0 Å². The quantitative estimate of drug-likeness (QED) is 0.922. The Morgan fingerprint density at radius 1 is 1.27 bits per heavy atom. The summed E-state index contributed by atoms with van der Waals surface area (Å²) in [6, 6.07) is 6.01. The molecule has 1 aliphatic heterocycles. The maximum atomic E-state index is 5.59. The van der Waals surface area contributed by atoms with Gasteiger partial charge in [-0.15, -0.1) is 0 Å². The summed E-state index contributed by atoms with van der Waals surface area (Å²) in [4.78, 5) is 2.44. The fourth-order valence-corrected chi connectivity index (χ4v) is 2.95. The van der Waals surface area contributed by atoms with Gasteiger partial charge >= 0.3 is 0 Å². The van der Waals surface area contributed by atoms with Crippen molar-refractivity contribution in [2.45, 2.75) is 26.8 Å². The van der Waals surface area contributed by atoms with Crippen LogP contribution in [0.2, 0.25) is 0 Å². The Labute approximate surface area is 131 Å². The van der Waals surface area contributed by atoms with Gasteiger partial charge in [0.2, 0.25) is 0 Å². The number of methoxy groups -OCH3 is 1. The third kappa shape index (κ3) is 2.68. The standard InChI is InChI=1S/C17H23N3O2/c1-4-20-9-8-14-13(11-20)17(19-18-14)12-6-7-15(22-5-2)16(10-12)21-3/h6-7,10H,4-5,8-9,11H2,1-3H3,(H,18,19). The number of ether oxygens (including phenoxy) is 2. The van der Waals surface area contributed by atoms with Crippen LogP contribution in [0.15, 0.2) is 18.2 Å². The van der Waals surface area contributed by atoms with Crippen molar-refractivity contribution in [2.24, 2.45) is 0 Å². The molecule has 1 aliphatic rings. The van der Waals surface area contributed by atoms with Gasteiger partial charge < -0.3 is 9.47 Å². The van der Waals surface area contributed by atoms with Crippen molar-refractivity contribution in [1.29, 1.82) is 0 Å². The molecule has 0 fully saturated rings. The number of aromatic nitrogens is 2. The summed E-state index contributed by atoms with van der Waals surface area (Å²) in [6.07, 6.45) is 1.03. The maximum Gasteiger partial charge on any atom is 0.161 e. The minimum atomic E-state index is 0.624. The molecular weight excluding hydrogens is 278 g/mol. The van der Waals surface area contributed by atoms with Crippen molar-refractivity contribution in [1.82, 2.24) is 15.1 Å². The molecule has 0 saturated heterocycles. The lowest BCUT2D eigenvalue weighted by Crippen LogP contribution is -2.30. The number of benzene rings is 1. The van der Waals surface area contributed by atoms with Gasteiger partial charge in [-0.3, -0.25) is 10.00 Å². The van der Waals surface area contributed by atoms with Crippen molar-refractivity contribution in [2.75, 3.05) is 26.8 Å². The molecule has 0 aliphatic carbocycles. The fraction of sp³-hybridized carbons (Fsp3) is 0.471. The third-order valence-electron chi connectivity index (χ3n) is 4.20. The molecule has 0 atom stereocenters. The average molecular weight is 301 g/mol. The van der Waals surface area contributed by atoms with Crippen LogP contribution >= 0.6 is 0 Å². The molecule has 0 amide bonds. The molecule has 2 heterocycles. The molecule has 3 rings (SSSR count). The van der Waals surface area contributed by atoms with Gasteiger partial charge in [-0.1, -0.05) is 6.92 Å². The highest BCUT2D eigenvalue weighted by Gasteiger charge is 2.22. The molecule has 0 unspecified atom stereocenters. The smallest absolute Gasteiger partial charge is 0.161 e. The Hall–Kier alpha value is -2.01. The van der Waals surface area contributed by atoms with Gasteiger partial charge in [0, 0.05) is 36.3 Å². The number of likely N-dealkylation sites (N-methyl/N-ethyl adjacent to an activating group) is 1. The Bertz CT molecular complexity index is 651. The molecule has 1 aromatic heterocycles. The third-order valence-corrected chi connectivity index (χ3v) is 4.20. The van der Waals surface area contributed by atoms with E-state index in [1.54, 1.807) is 7.11 Å². The lowest BCUT2D eigenvalue weighted by atomic mass is 10.0. The van der Waals surface area contributed by atoms with Crippen molar-refractivity contribution >= 4 is 0 Å². The van der Waals surface area contributed by atoms with Gasteiger partial charge in [-0.2, -0.15) is 5.10 Å². The molecule has 0 saturated carbocycles. The Morgan fingerprint density at radius 3 is 2.86 bits per heavy atom. The molecule has 1 N–H and O–H groups in total. The zero-order valence-corrected chi connectivity index (χ0v) is 13.5. The van der Waals surface area contributed by atoms with Crippen molar-refractivity contribution in [3.05, 3.63) is 29.5 Å². The summed E-state index contributed by atoms with van der Waals surface area (Å²) in [7, 11) is 1.67. The summed E-state index contributed by atoms with van der Waals surface area (Å²) in [5.41, 5.74) is 4.65. The first-order chi connectivity index (χ1) is 10.8. The van der Waals surface area contributed by atoms with Crippen LogP contribution < -0.4 is 9.47 Å². The fourth-order valence-electron chi connectivity index (χ4n) is 2.95. The van der Waals surface area contributed by atoms with Crippen molar-refractivity contribution in [3.8, 4) is 22.8 Å². The van der Waals surface area contributed by atoms with E-state index in [0.717, 1.165) is 48.8 Å². The number of fused-ring (bicyclic) bond motifs is 1. The summed E-state index contributed by atoms with van der Waals surface area (Å²) >= 11 is 0. The SMILES string of the molecule is CCOc1ccc(-c2n[nH]c3c2CN(CC)CC3)cc1OC. The summed E-state index contributed by atoms with van der Waals surface area (Å²) in [5, 5.41) is 7.74. The Kier molecular flexibility index (Phi) is 4.34. The zero-order chi connectivity index (χ0) is 15.5. The van der Waals surface area contributed by atoms with Gasteiger partial charge in [-0.25, -0.2) is 0 Å². The molecule has 0 radical (unpaired) electrons. The van der Waals surface area contributed by atoms with Crippen LogP contribution in [-0.4, -0.2) is 41.9 Å². The first kappa shape index (κ1) is 14.9. The summed E-state index contributed by atoms with van der Waals surface area (Å²) in [5.74, 6) is 1.52. The van der Waals surface area contributed by atoms with Gasteiger partial charge in [0.15, 0.2) is 11.5 Å². The lowest BCUT2D eigenvalue weighted by molar-refractivity contribution is 0.267. The second kappa shape index (κ2) is 6.40. The van der Waals surface area contributed by atoms with E-state index in [1.165, 1.54) is 11.3 Å². The average Bonchev–Trinajstić information content (AvgIpc) is 2.98. The van der Waals surface area contributed by atoms with Gasteiger partial charge in [-0.05, 0) is 31.7 Å². The van der Waals surface area contributed by atoms with E-state index >= 15 is 0 Å². The largest absolute Gasteiger partial charge is 0.493 e. The number of rotatable bonds is 5. The van der Waals surface area contributed by atoms with Crippen molar-refractivity contribution < 1.29 is 9.47 Å². The van der Waals surface area contributed by atoms with Crippen LogP contribution in [0.5, 0.6) is 11.5 Å². The Balaban J connectivity index is 1.97. The molecule has 5 nitrogen and oxygen atoms in total. The van der Waals surface area contributed by atoms with E-state index in [-0.39, 0.29) is 0 Å². The number of H-pyrrole nitrogens is 1. The minimum absolute atomic E-state index is 0.624. The van der Waals surface area contributed by atoms with Crippen LogP contribution in [0.3, 0.4) is 0 Å². The van der Waals surface area contributed by atoms with Crippen molar-refractivity contribution in [3.63, 3.8) is 0 Å². The van der Waals surface area contributed by atoms with E-state index < -0.39 is 0 Å². The highest BCUT2D eigenvalue weighted by molar-refractivity contribution is 5.67. The normalized spacial score (nSPS) is 14.7. The topological polar surface area (TPSA) is 50.4 Å². The van der Waals surface area contributed by atoms with Crippen LogP contribution in [-0.2, 0) is 13.0 Å². The number of hydrogen-bond donors (Lipinski definition) is 1. The van der Waals surface area contributed by atoms with Gasteiger partial charge in [0.25, 0.3) is 0 Å². The van der Waals surface area contributed by atoms with E-state index in [0.29, 0.717) is 6.61 Å². The van der Waals surface area contributed by atoms with E-state index in [2.05, 4.69) is 28.1 Å². The minimum Gasteiger partial charge on any atom is -0.493 e. The van der Waals surface area contributed by atoms with Gasteiger partial charge in [0.1, 0.15) is 0 Å². The highest BCUT2D eigenvalue weighted by Crippen LogP contribution is 2.35. The maximum absolute atomic E-state index is 5.59. The first-order valence-electron chi connectivity index (χ1n) is 7.86. The molecule has 0 spiro atoms. The second-order valence-electron chi connectivity index (χ2n) is 5.45. The first-order valence-corrected chi connectivity index (χ1v) is 7.86. The second-order valence-corrected chi connectivity index (χ2v) is 5.45. The number of nitrogens with zero attached hydrogens (tertiary/aromatic N) is 2. The number of aromatic amines is 1. The van der Waals surface area contributed by atoms with Crippen LogP contribution in [0.25, 0.3) is 11.3 Å². The molecule has 0 bridgehead atoms. The Morgan fingerprint density at radius 2 is 2.14 bits per heavy atom. The predicted octanol–water partition coefficient (Wildman–Crippen LogP) is 2.86. The monoisotopic (exact) mass is 301 g/mol. The summed E-state index contributed by atoms with van der Waals surface area (Å²) in [6.45, 7) is 7.90. The molecule has 1 aromatic carbocycles. The van der Waals surface area contributed by atoms with E-state index in [9.17, 15) is 0 Å². The summed E-state index contributed by atoms with van der Waals surface area (Å²) < 4.78 is 11.0. The van der Waals surface area contributed by atoms with Gasteiger partial charge in [0.05, 0.1) is 19.4 Å². The predicted molar refractivity (Wildman–Crippen MR) is 86.4 cm³/mol. The number of nitrogens with one attached hydrogen (secondary N) is 1. The molecule has 22 heavy (non-hydrogen) atoms.